The maximum absolute atomic E-state index is 13.3. The van der Waals surface area contributed by atoms with Gasteiger partial charge in [0, 0.05) is 18.5 Å². The third kappa shape index (κ3) is 5.56. The number of fused-ring (bicyclic) bond motifs is 3. The van der Waals surface area contributed by atoms with E-state index in [2.05, 4.69) is 36.2 Å². The van der Waals surface area contributed by atoms with Crippen molar-refractivity contribution in [3.63, 3.8) is 0 Å². The van der Waals surface area contributed by atoms with Crippen LogP contribution in [0.4, 0.5) is 4.79 Å². The number of amides is 2. The SMILES string of the molecule is C=CCN(CC(=O)O)C(=O)C(C)(C)C(NC(=O)OCC1c2ccccc2-c2ccccc21)C(C)C. The first-order valence-corrected chi connectivity index (χ1v) is 11.8. The van der Waals surface area contributed by atoms with Crippen molar-refractivity contribution in [3.8, 4) is 11.1 Å². The molecular formula is C28H34N2O5. The molecule has 0 radical (unpaired) electrons. The number of benzene rings is 2. The Labute approximate surface area is 206 Å². The second-order valence-electron chi connectivity index (χ2n) is 9.78. The zero-order valence-corrected chi connectivity index (χ0v) is 20.8. The van der Waals surface area contributed by atoms with E-state index in [-0.39, 0.29) is 30.9 Å². The molecule has 2 aromatic carbocycles. The predicted octanol–water partition coefficient (Wildman–Crippen LogP) is 4.68. The van der Waals surface area contributed by atoms with Gasteiger partial charge in [0.15, 0.2) is 0 Å². The molecule has 0 saturated heterocycles. The fourth-order valence-corrected chi connectivity index (χ4v) is 5.03. The molecule has 186 valence electrons. The molecule has 0 spiro atoms. The smallest absolute Gasteiger partial charge is 0.407 e. The topological polar surface area (TPSA) is 95.9 Å². The molecule has 1 atom stereocenters. The number of carbonyl (C=O) groups is 3. The van der Waals surface area contributed by atoms with Crippen molar-refractivity contribution in [1.82, 2.24) is 10.2 Å². The van der Waals surface area contributed by atoms with Crippen molar-refractivity contribution in [2.45, 2.75) is 39.7 Å². The van der Waals surface area contributed by atoms with Crippen LogP contribution in [0.25, 0.3) is 11.1 Å². The molecule has 0 heterocycles. The van der Waals surface area contributed by atoms with Crippen molar-refractivity contribution in [3.05, 3.63) is 72.3 Å². The van der Waals surface area contributed by atoms with Crippen LogP contribution < -0.4 is 5.32 Å². The minimum Gasteiger partial charge on any atom is -0.480 e. The number of aliphatic carboxylic acids is 1. The first-order chi connectivity index (χ1) is 16.6. The molecule has 2 N–H and O–H groups in total. The van der Waals surface area contributed by atoms with Crippen LogP contribution in [-0.2, 0) is 14.3 Å². The molecule has 7 heteroatoms. The minimum absolute atomic E-state index is 0.0704. The Morgan fingerprint density at radius 3 is 2.11 bits per heavy atom. The molecule has 7 nitrogen and oxygen atoms in total. The van der Waals surface area contributed by atoms with Crippen molar-refractivity contribution in [2.24, 2.45) is 11.3 Å². The molecule has 0 bridgehead atoms. The summed E-state index contributed by atoms with van der Waals surface area (Å²) < 4.78 is 5.68. The van der Waals surface area contributed by atoms with Crippen LogP contribution in [-0.4, -0.2) is 53.7 Å². The van der Waals surface area contributed by atoms with Gasteiger partial charge >= 0.3 is 12.1 Å². The van der Waals surface area contributed by atoms with E-state index in [4.69, 9.17) is 4.74 Å². The van der Waals surface area contributed by atoms with Crippen LogP contribution in [0.1, 0.15) is 44.7 Å². The van der Waals surface area contributed by atoms with Crippen molar-refractivity contribution in [2.75, 3.05) is 19.7 Å². The fraction of sp³-hybridized carbons (Fsp3) is 0.393. The third-order valence-corrected chi connectivity index (χ3v) is 6.58. The van der Waals surface area contributed by atoms with E-state index in [1.54, 1.807) is 13.8 Å². The number of alkyl carbamates (subject to hydrolysis) is 1. The lowest BCUT2D eigenvalue weighted by Crippen LogP contribution is -2.56. The van der Waals surface area contributed by atoms with E-state index in [1.165, 1.54) is 11.0 Å². The highest BCUT2D eigenvalue weighted by Gasteiger charge is 2.42. The van der Waals surface area contributed by atoms with E-state index in [0.29, 0.717) is 0 Å². The first kappa shape index (κ1) is 26.0. The fourth-order valence-electron chi connectivity index (χ4n) is 5.03. The molecule has 1 unspecified atom stereocenters. The number of ether oxygens (including phenoxy) is 1. The molecule has 2 aromatic rings. The summed E-state index contributed by atoms with van der Waals surface area (Å²) in [5, 5.41) is 12.1. The third-order valence-electron chi connectivity index (χ3n) is 6.58. The van der Waals surface area contributed by atoms with Crippen molar-refractivity contribution >= 4 is 18.0 Å². The highest BCUT2D eigenvalue weighted by molar-refractivity contribution is 5.87. The Bertz CT molecular complexity index is 1060. The number of carboxylic acid groups (broad SMARTS) is 1. The van der Waals surface area contributed by atoms with E-state index >= 15 is 0 Å². The van der Waals surface area contributed by atoms with Crippen LogP contribution in [0.3, 0.4) is 0 Å². The lowest BCUT2D eigenvalue weighted by atomic mass is 9.77. The van der Waals surface area contributed by atoms with Crippen molar-refractivity contribution < 1.29 is 24.2 Å². The molecular weight excluding hydrogens is 444 g/mol. The number of carbonyl (C=O) groups excluding carboxylic acids is 2. The van der Waals surface area contributed by atoms with E-state index < -0.39 is 30.1 Å². The average molecular weight is 479 g/mol. The van der Waals surface area contributed by atoms with Crippen LogP contribution >= 0.6 is 0 Å². The zero-order chi connectivity index (χ0) is 25.8. The summed E-state index contributed by atoms with van der Waals surface area (Å²) in [6, 6.07) is 15.6. The van der Waals surface area contributed by atoms with Gasteiger partial charge in [-0.15, -0.1) is 6.58 Å². The lowest BCUT2D eigenvalue weighted by molar-refractivity contribution is -0.149. The van der Waals surface area contributed by atoms with E-state index in [9.17, 15) is 19.5 Å². The monoisotopic (exact) mass is 478 g/mol. The van der Waals surface area contributed by atoms with Gasteiger partial charge in [0.2, 0.25) is 5.91 Å². The van der Waals surface area contributed by atoms with Crippen LogP contribution in [0.5, 0.6) is 0 Å². The summed E-state index contributed by atoms with van der Waals surface area (Å²) in [5.41, 5.74) is 3.45. The summed E-state index contributed by atoms with van der Waals surface area (Å²) >= 11 is 0. The van der Waals surface area contributed by atoms with Gasteiger partial charge < -0.3 is 20.1 Å². The number of nitrogens with zero attached hydrogens (tertiary/aromatic N) is 1. The van der Waals surface area contributed by atoms with Crippen LogP contribution in [0.15, 0.2) is 61.2 Å². The van der Waals surface area contributed by atoms with Crippen molar-refractivity contribution in [1.29, 1.82) is 0 Å². The van der Waals surface area contributed by atoms with Gasteiger partial charge in [0.05, 0.1) is 5.41 Å². The summed E-state index contributed by atoms with van der Waals surface area (Å²) in [6.07, 6.45) is 0.875. The maximum atomic E-state index is 13.3. The van der Waals surface area contributed by atoms with E-state index in [1.807, 2.05) is 38.1 Å². The van der Waals surface area contributed by atoms with Gasteiger partial charge in [-0.3, -0.25) is 9.59 Å². The summed E-state index contributed by atoms with van der Waals surface area (Å²) in [6.45, 7) is 10.7. The van der Waals surface area contributed by atoms with Gasteiger partial charge in [-0.1, -0.05) is 68.5 Å². The normalized spacial score (nSPS) is 13.5. The van der Waals surface area contributed by atoms with Gasteiger partial charge in [-0.25, -0.2) is 4.79 Å². The average Bonchev–Trinajstić information content (AvgIpc) is 3.13. The summed E-state index contributed by atoms with van der Waals surface area (Å²) in [7, 11) is 0. The number of hydrogen-bond acceptors (Lipinski definition) is 4. The van der Waals surface area contributed by atoms with Gasteiger partial charge in [0.25, 0.3) is 0 Å². The summed E-state index contributed by atoms with van der Waals surface area (Å²) in [4.78, 5) is 38.7. The molecule has 35 heavy (non-hydrogen) atoms. The standard InChI is InChI=1S/C28H34N2O5/c1-6-15-30(16-24(31)32)26(33)28(4,5)25(18(2)3)29-27(34)35-17-23-21-13-9-7-11-19(21)20-12-8-10-14-22(20)23/h6-14,18,23,25H,1,15-17H2,2-5H3,(H,29,34)(H,31,32). The van der Waals surface area contributed by atoms with Gasteiger partial charge in [-0.2, -0.15) is 0 Å². The molecule has 2 amide bonds. The Morgan fingerprint density at radius 2 is 1.63 bits per heavy atom. The Balaban J connectivity index is 1.73. The molecule has 0 aliphatic heterocycles. The molecule has 0 fully saturated rings. The van der Waals surface area contributed by atoms with E-state index in [0.717, 1.165) is 22.3 Å². The highest BCUT2D eigenvalue weighted by atomic mass is 16.5. The zero-order valence-electron chi connectivity index (χ0n) is 20.8. The van der Waals surface area contributed by atoms with Crippen LogP contribution in [0, 0.1) is 11.3 Å². The number of rotatable bonds is 10. The first-order valence-electron chi connectivity index (χ1n) is 11.8. The second kappa shape index (κ2) is 10.8. The molecule has 0 aromatic heterocycles. The minimum atomic E-state index is -1.11. The second-order valence-corrected chi connectivity index (χ2v) is 9.78. The van der Waals surface area contributed by atoms with Crippen LogP contribution in [0.2, 0.25) is 0 Å². The summed E-state index contributed by atoms with van der Waals surface area (Å²) in [5.74, 6) is -1.66. The Hall–Kier alpha value is -3.61. The molecule has 1 aliphatic rings. The number of nitrogens with one attached hydrogen (secondary N) is 1. The number of carboxylic acids is 1. The Kier molecular flexibility index (Phi) is 7.99. The predicted molar refractivity (Wildman–Crippen MR) is 135 cm³/mol. The molecule has 1 aliphatic carbocycles. The lowest BCUT2D eigenvalue weighted by Gasteiger charge is -2.39. The molecule has 0 saturated carbocycles. The Morgan fingerprint density at radius 1 is 1.09 bits per heavy atom. The number of hydrogen-bond donors (Lipinski definition) is 2. The van der Waals surface area contributed by atoms with Gasteiger partial charge in [-0.05, 0) is 42.0 Å². The largest absolute Gasteiger partial charge is 0.480 e. The maximum Gasteiger partial charge on any atom is 0.407 e. The van der Waals surface area contributed by atoms with Gasteiger partial charge in [0.1, 0.15) is 13.2 Å². The quantitative estimate of drug-likeness (QED) is 0.484. The molecule has 3 rings (SSSR count). The highest BCUT2D eigenvalue weighted by Crippen LogP contribution is 2.44.